The molecule has 1 N–H and O–H groups in total. The van der Waals surface area contributed by atoms with Gasteiger partial charge in [-0.2, -0.15) is 5.10 Å². The van der Waals surface area contributed by atoms with Crippen molar-refractivity contribution < 1.29 is 27.4 Å². The van der Waals surface area contributed by atoms with Crippen LogP contribution in [0.25, 0.3) is 0 Å². The van der Waals surface area contributed by atoms with Gasteiger partial charge in [0.1, 0.15) is 25.5 Å². The molecule has 0 aliphatic carbocycles. The molecular weight excluding hydrogens is 494 g/mol. The molecule has 1 aliphatic rings. The van der Waals surface area contributed by atoms with E-state index in [1.165, 1.54) is 12.1 Å². The Hall–Kier alpha value is -4.05. The van der Waals surface area contributed by atoms with Gasteiger partial charge in [0, 0.05) is 5.56 Å². The first kappa shape index (κ1) is 26.0. The summed E-state index contributed by atoms with van der Waals surface area (Å²) in [5.41, 5.74) is 5.07. The first-order chi connectivity index (χ1) is 17.8. The predicted octanol–water partition coefficient (Wildman–Crippen LogP) is 3.90. The summed E-state index contributed by atoms with van der Waals surface area (Å²) in [6.45, 7) is 6.44. The molecule has 10 heteroatoms. The molecule has 194 valence electrons. The van der Waals surface area contributed by atoms with Crippen LogP contribution in [0.15, 0.2) is 76.7 Å². The Morgan fingerprint density at radius 3 is 2.35 bits per heavy atom. The monoisotopic (exact) mass is 523 g/mol. The van der Waals surface area contributed by atoms with Crippen molar-refractivity contribution >= 4 is 27.3 Å². The van der Waals surface area contributed by atoms with E-state index in [0.29, 0.717) is 48.5 Å². The Morgan fingerprint density at radius 1 is 1.00 bits per heavy atom. The van der Waals surface area contributed by atoms with E-state index in [2.05, 4.69) is 10.5 Å². The van der Waals surface area contributed by atoms with Gasteiger partial charge in [-0.05, 0) is 75.4 Å². The van der Waals surface area contributed by atoms with Gasteiger partial charge >= 0.3 is 0 Å². The molecule has 3 aromatic carbocycles. The number of carbonyl (C=O) groups is 1. The number of benzene rings is 3. The Balaban J connectivity index is 1.55. The molecule has 0 saturated heterocycles. The van der Waals surface area contributed by atoms with E-state index in [4.69, 9.17) is 14.2 Å². The highest BCUT2D eigenvalue weighted by Crippen LogP contribution is 2.31. The van der Waals surface area contributed by atoms with E-state index < -0.39 is 22.5 Å². The number of fused-ring (bicyclic) bond motifs is 1. The number of anilines is 1. The van der Waals surface area contributed by atoms with Gasteiger partial charge in [0.25, 0.3) is 15.9 Å². The summed E-state index contributed by atoms with van der Waals surface area (Å²) in [6.07, 6.45) is 0. The minimum absolute atomic E-state index is 0.0419. The van der Waals surface area contributed by atoms with Gasteiger partial charge in [-0.25, -0.2) is 13.8 Å². The number of hydrazone groups is 1. The third-order valence-electron chi connectivity index (χ3n) is 5.64. The van der Waals surface area contributed by atoms with Gasteiger partial charge in [0.05, 0.1) is 22.9 Å². The van der Waals surface area contributed by atoms with Crippen LogP contribution < -0.4 is 23.9 Å². The highest BCUT2D eigenvalue weighted by atomic mass is 32.2. The topological polar surface area (TPSA) is 107 Å². The van der Waals surface area contributed by atoms with Crippen molar-refractivity contribution in [1.29, 1.82) is 0 Å². The Kier molecular flexibility index (Phi) is 7.98. The molecule has 3 aromatic rings. The molecule has 0 bridgehead atoms. The normalized spacial score (nSPS) is 13.1. The van der Waals surface area contributed by atoms with E-state index in [9.17, 15) is 13.2 Å². The third-order valence-corrected chi connectivity index (χ3v) is 7.43. The molecule has 1 aliphatic heterocycles. The maximum atomic E-state index is 13.6. The first-order valence-corrected chi connectivity index (χ1v) is 13.3. The van der Waals surface area contributed by atoms with Crippen molar-refractivity contribution in [2.24, 2.45) is 5.10 Å². The Bertz CT molecular complexity index is 1390. The first-order valence-electron chi connectivity index (χ1n) is 11.8. The van der Waals surface area contributed by atoms with E-state index in [0.717, 1.165) is 15.4 Å². The van der Waals surface area contributed by atoms with Crippen LogP contribution in [-0.4, -0.2) is 46.4 Å². The fourth-order valence-corrected chi connectivity index (χ4v) is 5.09. The number of nitrogens with zero attached hydrogens (tertiary/aromatic N) is 2. The van der Waals surface area contributed by atoms with Gasteiger partial charge in [0.15, 0.2) is 11.5 Å². The van der Waals surface area contributed by atoms with Gasteiger partial charge in [-0.15, -0.1) is 0 Å². The molecule has 0 unspecified atom stereocenters. The van der Waals surface area contributed by atoms with Gasteiger partial charge in [-0.3, -0.25) is 9.10 Å². The van der Waals surface area contributed by atoms with Gasteiger partial charge in [-0.1, -0.05) is 17.7 Å². The van der Waals surface area contributed by atoms with Crippen molar-refractivity contribution in [2.75, 3.05) is 30.7 Å². The zero-order valence-electron chi connectivity index (χ0n) is 20.9. The second-order valence-electron chi connectivity index (χ2n) is 8.34. The predicted molar refractivity (Wildman–Crippen MR) is 141 cm³/mol. The summed E-state index contributed by atoms with van der Waals surface area (Å²) in [6, 6.07) is 18.4. The molecule has 4 rings (SSSR count). The van der Waals surface area contributed by atoms with Crippen molar-refractivity contribution in [2.45, 2.75) is 25.7 Å². The Morgan fingerprint density at radius 2 is 1.68 bits per heavy atom. The largest absolute Gasteiger partial charge is 0.494 e. The Labute approximate surface area is 216 Å². The van der Waals surface area contributed by atoms with Crippen molar-refractivity contribution in [3.05, 3.63) is 77.9 Å². The second kappa shape index (κ2) is 11.3. The summed E-state index contributed by atoms with van der Waals surface area (Å²) < 4.78 is 44.7. The molecule has 1 amide bonds. The van der Waals surface area contributed by atoms with Crippen LogP contribution in [0, 0.1) is 6.92 Å². The molecule has 37 heavy (non-hydrogen) atoms. The lowest BCUT2D eigenvalue weighted by Gasteiger charge is -2.24. The summed E-state index contributed by atoms with van der Waals surface area (Å²) in [5, 5.41) is 4.17. The number of nitrogens with one attached hydrogen (secondary N) is 1. The summed E-state index contributed by atoms with van der Waals surface area (Å²) in [5.74, 6) is 1.23. The molecule has 0 radical (unpaired) electrons. The van der Waals surface area contributed by atoms with E-state index in [1.807, 2.05) is 19.9 Å². The van der Waals surface area contributed by atoms with Crippen LogP contribution in [0.3, 0.4) is 0 Å². The SMILES string of the molecule is CCOc1ccc(S(=O)(=O)N(CC(=O)N/N=C(\C)c2ccc3c(c2)OCCO3)c2ccc(C)cc2)cc1. The fraction of sp³-hybridized carbons (Fsp3) is 0.259. The molecule has 0 fully saturated rings. The summed E-state index contributed by atoms with van der Waals surface area (Å²) >= 11 is 0. The molecule has 0 atom stereocenters. The molecule has 9 nitrogen and oxygen atoms in total. The number of aryl methyl sites for hydroxylation is 1. The van der Waals surface area contributed by atoms with E-state index >= 15 is 0 Å². The minimum Gasteiger partial charge on any atom is -0.494 e. The highest BCUT2D eigenvalue weighted by molar-refractivity contribution is 7.92. The second-order valence-corrected chi connectivity index (χ2v) is 10.2. The van der Waals surface area contributed by atoms with Crippen molar-refractivity contribution in [3.63, 3.8) is 0 Å². The molecule has 1 heterocycles. The van der Waals surface area contributed by atoms with Crippen LogP contribution in [0.4, 0.5) is 5.69 Å². The van der Waals surface area contributed by atoms with Crippen LogP contribution in [0.5, 0.6) is 17.2 Å². The number of hydrogen-bond donors (Lipinski definition) is 1. The summed E-state index contributed by atoms with van der Waals surface area (Å²) in [7, 11) is -4.06. The van der Waals surface area contributed by atoms with E-state index in [-0.39, 0.29) is 4.90 Å². The number of hydrogen-bond acceptors (Lipinski definition) is 7. The zero-order valence-corrected chi connectivity index (χ0v) is 21.7. The lowest BCUT2D eigenvalue weighted by molar-refractivity contribution is -0.119. The lowest BCUT2D eigenvalue weighted by atomic mass is 10.1. The number of rotatable bonds is 9. The maximum Gasteiger partial charge on any atom is 0.264 e. The van der Waals surface area contributed by atoms with Crippen LogP contribution in [0.1, 0.15) is 25.0 Å². The average Bonchev–Trinajstić information content (AvgIpc) is 2.91. The van der Waals surface area contributed by atoms with E-state index in [1.54, 1.807) is 55.5 Å². The zero-order chi connectivity index (χ0) is 26.4. The molecule has 0 aromatic heterocycles. The molecular formula is C27H29N3O6S. The number of amides is 1. The quantitative estimate of drug-likeness (QED) is 0.337. The fourth-order valence-electron chi connectivity index (χ4n) is 3.67. The number of ether oxygens (including phenoxy) is 3. The third kappa shape index (κ3) is 6.21. The van der Waals surface area contributed by atoms with Crippen LogP contribution in [-0.2, 0) is 14.8 Å². The minimum atomic E-state index is -4.06. The van der Waals surface area contributed by atoms with Crippen molar-refractivity contribution in [3.8, 4) is 17.2 Å². The summed E-state index contributed by atoms with van der Waals surface area (Å²) in [4.78, 5) is 12.9. The molecule has 0 saturated carbocycles. The van der Waals surface area contributed by atoms with Gasteiger partial charge < -0.3 is 14.2 Å². The van der Waals surface area contributed by atoms with Crippen LogP contribution in [0.2, 0.25) is 0 Å². The number of sulfonamides is 1. The molecule has 0 spiro atoms. The number of carbonyl (C=O) groups excluding carboxylic acids is 1. The lowest BCUT2D eigenvalue weighted by Crippen LogP contribution is -2.39. The van der Waals surface area contributed by atoms with Crippen molar-refractivity contribution in [1.82, 2.24) is 5.43 Å². The average molecular weight is 524 g/mol. The van der Waals surface area contributed by atoms with Crippen LogP contribution >= 0.6 is 0 Å². The smallest absolute Gasteiger partial charge is 0.264 e. The standard InChI is InChI=1S/C27H29N3O6S/c1-4-34-23-10-12-24(13-11-23)37(32,33)30(22-8-5-19(2)6-9-22)18-27(31)29-28-20(3)21-7-14-25-26(17-21)36-16-15-35-25/h5-14,17H,4,15-16,18H2,1-3H3,(H,29,31)/b28-20+. The maximum absolute atomic E-state index is 13.6. The van der Waals surface area contributed by atoms with Gasteiger partial charge in [0.2, 0.25) is 0 Å². The highest BCUT2D eigenvalue weighted by Gasteiger charge is 2.27.